The number of rotatable bonds is 5. The zero-order chi connectivity index (χ0) is 32.3. The van der Waals surface area contributed by atoms with E-state index in [1.807, 2.05) is 11.3 Å². The highest BCUT2D eigenvalue weighted by Gasteiger charge is 2.19. The monoisotopic (exact) mass is 642 g/mol. The molecular weight excluding hydrogens is 613 g/mol. The van der Waals surface area contributed by atoms with Gasteiger partial charge in [0.05, 0.1) is 11.0 Å². The van der Waals surface area contributed by atoms with E-state index in [2.05, 4.69) is 191 Å². The normalized spacial score (nSPS) is 11.7. The number of para-hydroxylation sites is 2. The van der Waals surface area contributed by atoms with Gasteiger partial charge in [-0.05, 0) is 94.7 Å². The zero-order valence-electron chi connectivity index (χ0n) is 26.6. The summed E-state index contributed by atoms with van der Waals surface area (Å²) >= 11 is 1.87. The number of benzene rings is 8. The predicted molar refractivity (Wildman–Crippen MR) is 211 cm³/mol. The summed E-state index contributed by atoms with van der Waals surface area (Å²) in [7, 11) is 0. The molecule has 0 bridgehead atoms. The molecule has 3 heteroatoms. The number of fused-ring (bicyclic) bond motifs is 7. The average Bonchev–Trinajstić information content (AvgIpc) is 3.69. The van der Waals surface area contributed by atoms with Gasteiger partial charge >= 0.3 is 0 Å². The number of anilines is 3. The van der Waals surface area contributed by atoms with Crippen molar-refractivity contribution in [3.63, 3.8) is 0 Å². The first-order valence-corrected chi connectivity index (χ1v) is 17.5. The third-order valence-corrected chi connectivity index (χ3v) is 10.9. The third-order valence-electron chi connectivity index (χ3n) is 9.72. The van der Waals surface area contributed by atoms with Gasteiger partial charge in [-0.1, -0.05) is 109 Å². The van der Waals surface area contributed by atoms with Crippen LogP contribution >= 0.6 is 11.3 Å². The van der Waals surface area contributed by atoms with Crippen LogP contribution in [0.25, 0.3) is 69.6 Å². The van der Waals surface area contributed by atoms with Gasteiger partial charge in [0.25, 0.3) is 0 Å². The summed E-state index contributed by atoms with van der Waals surface area (Å²) in [5.41, 5.74) is 9.29. The molecule has 0 radical (unpaired) electrons. The van der Waals surface area contributed by atoms with E-state index in [0.29, 0.717) is 0 Å². The Balaban J connectivity index is 1.21. The second-order valence-electron chi connectivity index (χ2n) is 12.6. The average molecular weight is 643 g/mol. The van der Waals surface area contributed by atoms with Gasteiger partial charge in [-0.3, -0.25) is 0 Å². The SMILES string of the molecule is c1ccc(-c2cccc(N(c3ccc4cc5c(cc4c3)sc3ccccc35)c3ccc4c5ccccc5n(-c5ccccc5)c4c3)c2)cc1. The maximum atomic E-state index is 2.41. The smallest absolute Gasteiger partial charge is 0.0561 e. The van der Waals surface area contributed by atoms with Crippen molar-refractivity contribution in [1.29, 1.82) is 0 Å². The molecule has 10 aromatic rings. The van der Waals surface area contributed by atoms with Gasteiger partial charge in [0, 0.05) is 53.7 Å². The van der Waals surface area contributed by atoms with E-state index in [4.69, 9.17) is 0 Å². The summed E-state index contributed by atoms with van der Waals surface area (Å²) in [6, 6.07) is 66.3. The Bertz CT molecular complexity index is 2830. The Morgan fingerprint density at radius 1 is 0.367 bits per heavy atom. The molecule has 0 atom stereocenters. The molecule has 0 aliphatic rings. The van der Waals surface area contributed by atoms with E-state index in [1.165, 1.54) is 63.9 Å². The van der Waals surface area contributed by atoms with Crippen molar-refractivity contribution in [1.82, 2.24) is 4.57 Å². The van der Waals surface area contributed by atoms with Crippen molar-refractivity contribution in [2.45, 2.75) is 0 Å². The van der Waals surface area contributed by atoms with Crippen LogP contribution in [0, 0.1) is 0 Å². The second kappa shape index (κ2) is 11.2. The molecule has 230 valence electrons. The van der Waals surface area contributed by atoms with E-state index in [1.54, 1.807) is 0 Å². The highest BCUT2D eigenvalue weighted by Crippen LogP contribution is 2.43. The molecule has 2 heterocycles. The fourth-order valence-electron chi connectivity index (χ4n) is 7.45. The fourth-order valence-corrected chi connectivity index (χ4v) is 8.59. The minimum Gasteiger partial charge on any atom is -0.310 e. The van der Waals surface area contributed by atoms with Crippen LogP contribution in [-0.4, -0.2) is 4.57 Å². The van der Waals surface area contributed by atoms with Gasteiger partial charge in [0.15, 0.2) is 0 Å². The van der Waals surface area contributed by atoms with Crippen molar-refractivity contribution < 1.29 is 0 Å². The largest absolute Gasteiger partial charge is 0.310 e. The van der Waals surface area contributed by atoms with Crippen LogP contribution in [0.3, 0.4) is 0 Å². The lowest BCUT2D eigenvalue weighted by Crippen LogP contribution is -2.10. The fraction of sp³-hybridized carbons (Fsp3) is 0. The first-order chi connectivity index (χ1) is 24.3. The summed E-state index contributed by atoms with van der Waals surface area (Å²) in [5.74, 6) is 0. The van der Waals surface area contributed by atoms with E-state index >= 15 is 0 Å². The Labute approximate surface area is 288 Å². The summed E-state index contributed by atoms with van der Waals surface area (Å²) in [5, 5.41) is 7.63. The molecule has 0 fully saturated rings. The van der Waals surface area contributed by atoms with Crippen LogP contribution in [-0.2, 0) is 0 Å². The molecule has 0 amide bonds. The number of aromatic nitrogens is 1. The molecule has 0 saturated heterocycles. The lowest BCUT2D eigenvalue weighted by Gasteiger charge is -2.27. The predicted octanol–water partition coefficient (Wildman–Crippen LogP) is 13.4. The van der Waals surface area contributed by atoms with Crippen molar-refractivity contribution >= 4 is 81.1 Å². The van der Waals surface area contributed by atoms with Crippen LogP contribution in [0.2, 0.25) is 0 Å². The van der Waals surface area contributed by atoms with Gasteiger partial charge < -0.3 is 9.47 Å². The van der Waals surface area contributed by atoms with Gasteiger partial charge in [-0.2, -0.15) is 0 Å². The number of thiophene rings is 1. The maximum Gasteiger partial charge on any atom is 0.0561 e. The third kappa shape index (κ3) is 4.62. The summed E-state index contributed by atoms with van der Waals surface area (Å²) < 4.78 is 5.04. The van der Waals surface area contributed by atoms with Crippen LogP contribution in [0.15, 0.2) is 182 Å². The molecule has 0 saturated carbocycles. The lowest BCUT2D eigenvalue weighted by molar-refractivity contribution is 1.18. The molecule has 0 N–H and O–H groups in total. The maximum absolute atomic E-state index is 2.41. The first kappa shape index (κ1) is 27.9. The van der Waals surface area contributed by atoms with Crippen LogP contribution < -0.4 is 4.90 Å². The highest BCUT2D eigenvalue weighted by molar-refractivity contribution is 7.25. The number of nitrogens with zero attached hydrogens (tertiary/aromatic N) is 2. The van der Waals surface area contributed by atoms with Gasteiger partial charge in [0.2, 0.25) is 0 Å². The molecular formula is C46H30N2S. The van der Waals surface area contributed by atoms with Crippen molar-refractivity contribution in [3.8, 4) is 16.8 Å². The molecule has 10 rings (SSSR count). The molecule has 0 aliphatic heterocycles. The minimum absolute atomic E-state index is 1.11. The van der Waals surface area contributed by atoms with Gasteiger partial charge in [0.1, 0.15) is 0 Å². The molecule has 8 aromatic carbocycles. The van der Waals surface area contributed by atoms with E-state index < -0.39 is 0 Å². The van der Waals surface area contributed by atoms with E-state index in [9.17, 15) is 0 Å². The Morgan fingerprint density at radius 2 is 1.04 bits per heavy atom. The summed E-state index contributed by atoms with van der Waals surface area (Å²) in [6.07, 6.45) is 0. The van der Waals surface area contributed by atoms with Crippen molar-refractivity contribution in [2.24, 2.45) is 0 Å². The zero-order valence-corrected chi connectivity index (χ0v) is 27.4. The molecule has 0 spiro atoms. The molecule has 49 heavy (non-hydrogen) atoms. The van der Waals surface area contributed by atoms with Crippen LogP contribution in [0.4, 0.5) is 17.1 Å². The topological polar surface area (TPSA) is 8.17 Å². The van der Waals surface area contributed by atoms with Crippen LogP contribution in [0.1, 0.15) is 0 Å². The molecule has 0 aliphatic carbocycles. The molecule has 2 aromatic heterocycles. The van der Waals surface area contributed by atoms with Crippen molar-refractivity contribution in [3.05, 3.63) is 182 Å². The van der Waals surface area contributed by atoms with Crippen molar-refractivity contribution in [2.75, 3.05) is 4.90 Å². The van der Waals surface area contributed by atoms with Crippen LogP contribution in [0.5, 0.6) is 0 Å². The Morgan fingerprint density at radius 3 is 1.92 bits per heavy atom. The lowest BCUT2D eigenvalue weighted by atomic mass is 10.0. The van der Waals surface area contributed by atoms with Gasteiger partial charge in [-0.15, -0.1) is 11.3 Å². The first-order valence-electron chi connectivity index (χ1n) is 16.7. The summed E-state index contributed by atoms with van der Waals surface area (Å²) in [6.45, 7) is 0. The Hall–Kier alpha value is -6.16. The number of hydrogen-bond donors (Lipinski definition) is 0. The Kier molecular flexibility index (Phi) is 6.39. The minimum atomic E-state index is 1.11. The summed E-state index contributed by atoms with van der Waals surface area (Å²) in [4.78, 5) is 2.41. The number of hydrogen-bond acceptors (Lipinski definition) is 2. The van der Waals surface area contributed by atoms with E-state index in [0.717, 1.165) is 22.7 Å². The second-order valence-corrected chi connectivity index (χ2v) is 13.7. The highest BCUT2D eigenvalue weighted by atomic mass is 32.1. The van der Waals surface area contributed by atoms with E-state index in [-0.39, 0.29) is 0 Å². The quantitative estimate of drug-likeness (QED) is 0.181. The molecule has 2 nitrogen and oxygen atoms in total. The standard InChI is InChI=1S/C46H30N2S/c1-3-12-31(13-4-1)32-14-11-17-36(26-32)47(37-23-22-33-28-42-41-19-8-10-21-45(41)49-46(42)29-34(33)27-37)38-24-25-40-39-18-7-9-20-43(39)48(44(40)30-38)35-15-5-2-6-16-35/h1-30H. The molecule has 0 unspecified atom stereocenters. The van der Waals surface area contributed by atoms with Gasteiger partial charge in [-0.25, -0.2) is 0 Å².